The van der Waals surface area contributed by atoms with E-state index in [0.29, 0.717) is 5.92 Å². The van der Waals surface area contributed by atoms with Crippen molar-refractivity contribution in [3.8, 4) is 5.75 Å². The fraction of sp³-hybridized carbons (Fsp3) is 0.400. The Kier molecular flexibility index (Phi) is 3.63. The van der Waals surface area contributed by atoms with E-state index in [1.165, 1.54) is 0 Å². The number of hydrogen-bond acceptors (Lipinski definition) is 1. The normalized spacial score (nSPS) is 10.6. The molecule has 0 aromatic heterocycles. The largest absolute Gasteiger partial charge is 0.497 e. The molecule has 0 aliphatic rings. The van der Waals surface area contributed by atoms with Crippen molar-refractivity contribution >= 4 is 27.5 Å². The summed E-state index contributed by atoms with van der Waals surface area (Å²) in [4.78, 5) is 0. The summed E-state index contributed by atoms with van der Waals surface area (Å²) in [5.41, 5.74) is 1.13. The highest BCUT2D eigenvalue weighted by Crippen LogP contribution is 2.35. The first kappa shape index (κ1) is 10.9. The standard InChI is InChI=1S/C10H12BrClO/c1-6(2)10-8(11)4-7(13-3)5-9(10)12/h4-6H,1-3H3. The van der Waals surface area contributed by atoms with Crippen LogP contribution in [0.4, 0.5) is 0 Å². The van der Waals surface area contributed by atoms with E-state index in [-0.39, 0.29) is 0 Å². The maximum absolute atomic E-state index is 6.10. The fourth-order valence-corrected chi connectivity index (χ4v) is 2.67. The molecule has 1 nitrogen and oxygen atoms in total. The molecule has 0 radical (unpaired) electrons. The van der Waals surface area contributed by atoms with Gasteiger partial charge in [-0.3, -0.25) is 0 Å². The van der Waals surface area contributed by atoms with Crippen LogP contribution in [0.25, 0.3) is 0 Å². The van der Waals surface area contributed by atoms with Gasteiger partial charge in [0.2, 0.25) is 0 Å². The molecular formula is C10H12BrClO. The molecule has 0 spiro atoms. The second kappa shape index (κ2) is 4.34. The number of rotatable bonds is 2. The molecule has 0 fully saturated rings. The molecule has 0 heterocycles. The highest BCUT2D eigenvalue weighted by Gasteiger charge is 2.11. The Hall–Kier alpha value is -0.210. The van der Waals surface area contributed by atoms with Gasteiger partial charge < -0.3 is 4.74 Å². The van der Waals surface area contributed by atoms with Gasteiger partial charge >= 0.3 is 0 Å². The van der Waals surface area contributed by atoms with Gasteiger partial charge in [-0.1, -0.05) is 41.4 Å². The second-order valence-corrected chi connectivity index (χ2v) is 4.42. The van der Waals surface area contributed by atoms with Crippen molar-refractivity contribution in [1.29, 1.82) is 0 Å². The van der Waals surface area contributed by atoms with Crippen LogP contribution < -0.4 is 4.74 Å². The van der Waals surface area contributed by atoms with E-state index in [0.717, 1.165) is 20.8 Å². The minimum atomic E-state index is 0.410. The summed E-state index contributed by atoms with van der Waals surface area (Å²) < 4.78 is 6.10. The number of ether oxygens (including phenoxy) is 1. The van der Waals surface area contributed by atoms with Crippen molar-refractivity contribution in [3.63, 3.8) is 0 Å². The van der Waals surface area contributed by atoms with Crippen molar-refractivity contribution in [3.05, 3.63) is 27.2 Å². The summed E-state index contributed by atoms with van der Waals surface area (Å²) in [5, 5.41) is 0.751. The lowest BCUT2D eigenvalue weighted by Gasteiger charge is -2.12. The fourth-order valence-electron chi connectivity index (χ4n) is 1.23. The van der Waals surface area contributed by atoms with Crippen LogP contribution in [0.5, 0.6) is 5.75 Å². The van der Waals surface area contributed by atoms with Crippen molar-refractivity contribution in [2.24, 2.45) is 0 Å². The molecule has 13 heavy (non-hydrogen) atoms. The summed E-state index contributed by atoms with van der Waals surface area (Å²) in [5.74, 6) is 1.19. The monoisotopic (exact) mass is 262 g/mol. The molecule has 0 unspecified atom stereocenters. The van der Waals surface area contributed by atoms with Crippen LogP contribution in [-0.2, 0) is 0 Å². The Morgan fingerprint density at radius 1 is 1.38 bits per heavy atom. The summed E-state index contributed by atoms with van der Waals surface area (Å²) >= 11 is 9.57. The Labute approximate surface area is 92.2 Å². The van der Waals surface area contributed by atoms with E-state index in [9.17, 15) is 0 Å². The van der Waals surface area contributed by atoms with Gasteiger partial charge in [0.05, 0.1) is 7.11 Å². The molecule has 0 saturated heterocycles. The van der Waals surface area contributed by atoms with Crippen LogP contribution >= 0.6 is 27.5 Å². The Bertz CT molecular complexity index is 287. The van der Waals surface area contributed by atoms with E-state index in [1.807, 2.05) is 12.1 Å². The quantitative estimate of drug-likeness (QED) is 0.776. The van der Waals surface area contributed by atoms with Crippen molar-refractivity contribution < 1.29 is 4.74 Å². The lowest BCUT2D eigenvalue weighted by Crippen LogP contribution is -1.92. The van der Waals surface area contributed by atoms with Crippen molar-refractivity contribution in [2.75, 3.05) is 7.11 Å². The van der Waals surface area contributed by atoms with E-state index >= 15 is 0 Å². The number of hydrogen-bond donors (Lipinski definition) is 0. The van der Waals surface area contributed by atoms with Gasteiger partial charge in [0.1, 0.15) is 5.75 Å². The molecule has 0 aliphatic heterocycles. The van der Waals surface area contributed by atoms with Crippen LogP contribution in [0.15, 0.2) is 16.6 Å². The SMILES string of the molecule is COc1cc(Cl)c(C(C)C)c(Br)c1. The average Bonchev–Trinajstić information content (AvgIpc) is 2.02. The first-order chi connectivity index (χ1) is 6.06. The predicted molar refractivity (Wildman–Crippen MR) is 59.8 cm³/mol. The molecule has 0 N–H and O–H groups in total. The minimum Gasteiger partial charge on any atom is -0.497 e. The van der Waals surface area contributed by atoms with Gasteiger partial charge in [-0.25, -0.2) is 0 Å². The Morgan fingerprint density at radius 2 is 2.00 bits per heavy atom. The third-order valence-corrected chi connectivity index (χ3v) is 2.83. The molecule has 0 atom stereocenters. The van der Waals surface area contributed by atoms with Crippen molar-refractivity contribution in [1.82, 2.24) is 0 Å². The third kappa shape index (κ3) is 2.38. The lowest BCUT2D eigenvalue weighted by atomic mass is 10.0. The number of methoxy groups -OCH3 is 1. The molecule has 1 aromatic carbocycles. The summed E-state index contributed by atoms with van der Waals surface area (Å²) in [7, 11) is 1.63. The highest BCUT2D eigenvalue weighted by molar-refractivity contribution is 9.10. The zero-order valence-electron chi connectivity index (χ0n) is 7.90. The minimum absolute atomic E-state index is 0.410. The number of halogens is 2. The van der Waals surface area contributed by atoms with Gasteiger partial charge in [0.25, 0.3) is 0 Å². The molecule has 0 bridgehead atoms. The smallest absolute Gasteiger partial charge is 0.121 e. The lowest BCUT2D eigenvalue weighted by molar-refractivity contribution is 0.414. The molecule has 3 heteroatoms. The molecule has 1 rings (SSSR count). The molecule has 72 valence electrons. The Morgan fingerprint density at radius 3 is 2.38 bits per heavy atom. The van der Waals surface area contributed by atoms with Crippen LogP contribution in [0.1, 0.15) is 25.3 Å². The van der Waals surface area contributed by atoms with E-state index < -0.39 is 0 Å². The average molecular weight is 264 g/mol. The van der Waals surface area contributed by atoms with E-state index in [1.54, 1.807) is 7.11 Å². The number of benzene rings is 1. The van der Waals surface area contributed by atoms with Gasteiger partial charge in [-0.05, 0) is 23.6 Å². The summed E-state index contributed by atoms with van der Waals surface area (Å²) in [6.07, 6.45) is 0. The van der Waals surface area contributed by atoms with Gasteiger partial charge in [0, 0.05) is 9.50 Å². The van der Waals surface area contributed by atoms with Gasteiger partial charge in [-0.15, -0.1) is 0 Å². The summed E-state index contributed by atoms with van der Waals surface area (Å²) in [6.45, 7) is 4.22. The molecule has 0 amide bonds. The third-order valence-electron chi connectivity index (χ3n) is 1.87. The first-order valence-corrected chi connectivity index (χ1v) is 5.26. The zero-order chi connectivity index (χ0) is 10.0. The van der Waals surface area contributed by atoms with Crippen LogP contribution in [0.3, 0.4) is 0 Å². The van der Waals surface area contributed by atoms with Crippen LogP contribution in [-0.4, -0.2) is 7.11 Å². The van der Waals surface area contributed by atoms with E-state index in [2.05, 4.69) is 29.8 Å². The topological polar surface area (TPSA) is 9.23 Å². The predicted octanol–water partition coefficient (Wildman–Crippen LogP) is 4.23. The molecule has 0 saturated carbocycles. The van der Waals surface area contributed by atoms with Gasteiger partial charge in [-0.2, -0.15) is 0 Å². The highest BCUT2D eigenvalue weighted by atomic mass is 79.9. The molecular weight excluding hydrogens is 251 g/mol. The molecule has 1 aromatic rings. The zero-order valence-corrected chi connectivity index (χ0v) is 10.2. The van der Waals surface area contributed by atoms with Crippen LogP contribution in [0.2, 0.25) is 5.02 Å². The molecule has 0 aliphatic carbocycles. The maximum atomic E-state index is 6.10. The second-order valence-electron chi connectivity index (χ2n) is 3.16. The Balaban J connectivity index is 3.23. The van der Waals surface area contributed by atoms with Crippen molar-refractivity contribution in [2.45, 2.75) is 19.8 Å². The maximum Gasteiger partial charge on any atom is 0.121 e. The van der Waals surface area contributed by atoms with E-state index in [4.69, 9.17) is 16.3 Å². The summed E-state index contributed by atoms with van der Waals surface area (Å²) in [6, 6.07) is 3.77. The first-order valence-electron chi connectivity index (χ1n) is 4.09. The van der Waals surface area contributed by atoms with Crippen LogP contribution in [0, 0.1) is 0 Å². The van der Waals surface area contributed by atoms with Gasteiger partial charge in [0.15, 0.2) is 0 Å².